The van der Waals surface area contributed by atoms with Gasteiger partial charge in [-0.25, -0.2) is 4.39 Å². The SMILES string of the molecule is CC1(N2CCN(C(=O)CCC(=O)c3ccc(F)cc3)CC2)CC1. The molecule has 0 radical (unpaired) electrons. The quantitative estimate of drug-likeness (QED) is 0.783. The van der Waals surface area contributed by atoms with E-state index in [1.54, 1.807) is 0 Å². The molecule has 0 spiro atoms. The molecule has 0 N–H and O–H groups in total. The minimum atomic E-state index is -0.361. The number of Topliss-reactive ketones (excluding diaryl/α,β-unsaturated/α-hetero) is 1. The van der Waals surface area contributed by atoms with Crippen LogP contribution in [-0.4, -0.2) is 53.2 Å². The number of hydrogen-bond donors (Lipinski definition) is 0. The van der Waals surface area contributed by atoms with Crippen LogP contribution in [0.2, 0.25) is 0 Å². The Kier molecular flexibility index (Phi) is 4.48. The van der Waals surface area contributed by atoms with Crippen molar-refractivity contribution in [3.05, 3.63) is 35.6 Å². The Morgan fingerprint density at radius 3 is 2.22 bits per heavy atom. The fourth-order valence-corrected chi connectivity index (χ4v) is 3.15. The molecule has 1 aromatic rings. The smallest absolute Gasteiger partial charge is 0.223 e. The minimum absolute atomic E-state index is 0.0426. The number of carbonyl (C=O) groups is 2. The number of benzene rings is 1. The summed E-state index contributed by atoms with van der Waals surface area (Å²) in [7, 11) is 0. The number of hydrogen-bond acceptors (Lipinski definition) is 3. The average Bonchev–Trinajstić information content (AvgIpc) is 3.32. The maximum Gasteiger partial charge on any atom is 0.223 e. The molecular weight excluding hydrogens is 295 g/mol. The molecule has 0 atom stereocenters. The topological polar surface area (TPSA) is 40.6 Å². The van der Waals surface area contributed by atoms with E-state index >= 15 is 0 Å². The Morgan fingerprint density at radius 2 is 1.65 bits per heavy atom. The van der Waals surface area contributed by atoms with E-state index in [0.717, 1.165) is 26.2 Å². The largest absolute Gasteiger partial charge is 0.340 e. The van der Waals surface area contributed by atoms with Crippen LogP contribution in [0.4, 0.5) is 4.39 Å². The number of rotatable bonds is 5. The van der Waals surface area contributed by atoms with Gasteiger partial charge in [0.2, 0.25) is 5.91 Å². The van der Waals surface area contributed by atoms with Crippen LogP contribution in [0.1, 0.15) is 43.0 Å². The zero-order valence-corrected chi connectivity index (χ0v) is 13.6. The lowest BCUT2D eigenvalue weighted by atomic mass is 10.1. The third kappa shape index (κ3) is 3.78. The van der Waals surface area contributed by atoms with Crippen LogP contribution in [0, 0.1) is 5.82 Å². The molecule has 3 rings (SSSR count). The monoisotopic (exact) mass is 318 g/mol. The van der Waals surface area contributed by atoms with Crippen molar-refractivity contribution in [2.45, 2.75) is 38.1 Å². The molecule has 124 valence electrons. The normalized spacial score (nSPS) is 20.3. The van der Waals surface area contributed by atoms with Gasteiger partial charge in [0, 0.05) is 50.1 Å². The van der Waals surface area contributed by atoms with Gasteiger partial charge in [0.05, 0.1) is 0 Å². The first-order valence-electron chi connectivity index (χ1n) is 8.29. The summed E-state index contributed by atoms with van der Waals surface area (Å²) in [6.07, 6.45) is 2.93. The first-order valence-corrected chi connectivity index (χ1v) is 8.29. The van der Waals surface area contributed by atoms with Crippen molar-refractivity contribution in [1.82, 2.24) is 9.80 Å². The van der Waals surface area contributed by atoms with Crippen molar-refractivity contribution < 1.29 is 14.0 Å². The van der Waals surface area contributed by atoms with Crippen molar-refractivity contribution in [3.63, 3.8) is 0 Å². The van der Waals surface area contributed by atoms with Crippen molar-refractivity contribution in [2.24, 2.45) is 0 Å². The van der Waals surface area contributed by atoms with Crippen LogP contribution in [-0.2, 0) is 4.79 Å². The van der Waals surface area contributed by atoms with E-state index < -0.39 is 0 Å². The van der Waals surface area contributed by atoms with Crippen LogP contribution in [0.25, 0.3) is 0 Å². The molecule has 5 heteroatoms. The van der Waals surface area contributed by atoms with Crippen molar-refractivity contribution in [2.75, 3.05) is 26.2 Å². The summed E-state index contributed by atoms with van der Waals surface area (Å²) < 4.78 is 12.9. The highest BCUT2D eigenvalue weighted by Gasteiger charge is 2.44. The first kappa shape index (κ1) is 16.1. The highest BCUT2D eigenvalue weighted by Crippen LogP contribution is 2.41. The Hall–Kier alpha value is -1.75. The van der Waals surface area contributed by atoms with Gasteiger partial charge in [-0.1, -0.05) is 0 Å². The van der Waals surface area contributed by atoms with E-state index in [1.165, 1.54) is 37.1 Å². The lowest BCUT2D eigenvalue weighted by Gasteiger charge is -2.38. The number of ketones is 1. The van der Waals surface area contributed by atoms with Crippen LogP contribution in [0.5, 0.6) is 0 Å². The van der Waals surface area contributed by atoms with E-state index in [1.807, 2.05) is 4.90 Å². The van der Waals surface area contributed by atoms with Gasteiger partial charge in [0.25, 0.3) is 0 Å². The number of halogens is 1. The molecule has 1 saturated carbocycles. The Labute approximate surface area is 136 Å². The zero-order valence-electron chi connectivity index (χ0n) is 13.6. The van der Waals surface area contributed by atoms with E-state index in [-0.39, 0.29) is 30.3 Å². The number of piperazine rings is 1. The summed E-state index contributed by atoms with van der Waals surface area (Å²) in [6.45, 7) is 5.63. The van der Waals surface area contributed by atoms with Gasteiger partial charge in [-0.05, 0) is 44.0 Å². The van der Waals surface area contributed by atoms with Crippen LogP contribution in [0.15, 0.2) is 24.3 Å². The second-order valence-electron chi connectivity index (χ2n) is 6.79. The summed E-state index contributed by atoms with van der Waals surface area (Å²) in [6, 6.07) is 5.48. The van der Waals surface area contributed by atoms with Crippen molar-refractivity contribution in [3.8, 4) is 0 Å². The van der Waals surface area contributed by atoms with E-state index in [0.29, 0.717) is 11.1 Å². The molecule has 1 aromatic carbocycles. The second kappa shape index (κ2) is 6.40. The number of carbonyl (C=O) groups excluding carboxylic acids is 2. The van der Waals surface area contributed by atoms with E-state index in [9.17, 15) is 14.0 Å². The number of amides is 1. The van der Waals surface area contributed by atoms with Gasteiger partial charge < -0.3 is 4.90 Å². The van der Waals surface area contributed by atoms with Gasteiger partial charge >= 0.3 is 0 Å². The van der Waals surface area contributed by atoms with Gasteiger partial charge in [-0.3, -0.25) is 14.5 Å². The molecule has 0 unspecified atom stereocenters. The average molecular weight is 318 g/mol. The molecule has 1 aliphatic heterocycles. The molecule has 2 aliphatic rings. The minimum Gasteiger partial charge on any atom is -0.340 e. The standard InChI is InChI=1S/C18H23FN2O2/c1-18(8-9-18)21-12-10-20(11-13-21)17(23)7-6-16(22)14-2-4-15(19)5-3-14/h2-5H,6-13H2,1H3. The third-order valence-corrected chi connectivity index (χ3v) is 5.10. The predicted octanol–water partition coefficient (Wildman–Crippen LogP) is 2.49. The lowest BCUT2D eigenvalue weighted by molar-refractivity contribution is -0.133. The second-order valence-corrected chi connectivity index (χ2v) is 6.79. The molecule has 2 fully saturated rings. The molecule has 1 amide bonds. The summed E-state index contributed by atoms with van der Waals surface area (Å²) in [5.74, 6) is -0.427. The third-order valence-electron chi connectivity index (χ3n) is 5.10. The molecule has 23 heavy (non-hydrogen) atoms. The van der Waals surface area contributed by atoms with Crippen molar-refractivity contribution >= 4 is 11.7 Å². The molecule has 1 aliphatic carbocycles. The molecule has 0 bridgehead atoms. The Bertz CT molecular complexity index is 588. The maximum absolute atomic E-state index is 12.9. The Morgan fingerprint density at radius 1 is 1.04 bits per heavy atom. The zero-order chi connectivity index (χ0) is 16.4. The van der Waals surface area contributed by atoms with E-state index in [4.69, 9.17) is 0 Å². The summed E-state index contributed by atoms with van der Waals surface area (Å²) >= 11 is 0. The summed E-state index contributed by atoms with van der Waals surface area (Å²) in [4.78, 5) is 28.6. The van der Waals surface area contributed by atoms with Gasteiger partial charge in [-0.15, -0.1) is 0 Å². The lowest BCUT2D eigenvalue weighted by Crippen LogP contribution is -2.52. The maximum atomic E-state index is 12.9. The highest BCUT2D eigenvalue weighted by molar-refractivity contribution is 5.97. The first-order chi connectivity index (χ1) is 11.0. The van der Waals surface area contributed by atoms with Gasteiger partial charge in [0.15, 0.2) is 5.78 Å². The van der Waals surface area contributed by atoms with Gasteiger partial charge in [0.1, 0.15) is 5.82 Å². The predicted molar refractivity (Wildman–Crippen MR) is 85.8 cm³/mol. The summed E-state index contributed by atoms with van der Waals surface area (Å²) in [5.41, 5.74) is 0.832. The fraction of sp³-hybridized carbons (Fsp3) is 0.556. The molecule has 1 heterocycles. The fourth-order valence-electron chi connectivity index (χ4n) is 3.15. The molecular formula is C18H23FN2O2. The van der Waals surface area contributed by atoms with Crippen LogP contribution in [0.3, 0.4) is 0 Å². The van der Waals surface area contributed by atoms with Crippen LogP contribution < -0.4 is 0 Å². The molecule has 1 saturated heterocycles. The highest BCUT2D eigenvalue weighted by atomic mass is 19.1. The number of nitrogens with zero attached hydrogens (tertiary/aromatic N) is 2. The van der Waals surface area contributed by atoms with Gasteiger partial charge in [-0.2, -0.15) is 0 Å². The summed E-state index contributed by atoms with van der Waals surface area (Å²) in [5, 5.41) is 0. The van der Waals surface area contributed by atoms with E-state index in [2.05, 4.69) is 11.8 Å². The molecule has 4 nitrogen and oxygen atoms in total. The molecule has 0 aromatic heterocycles. The van der Waals surface area contributed by atoms with Crippen LogP contribution >= 0.6 is 0 Å². The Balaban J connectivity index is 1.44. The van der Waals surface area contributed by atoms with Crippen molar-refractivity contribution in [1.29, 1.82) is 0 Å².